The fourth-order valence-electron chi connectivity index (χ4n) is 3.94. The quantitative estimate of drug-likeness (QED) is 0.729. The standard InChI is InChI=1S/C23H33BClN3O2/c1-21(2,3)19-14-28(11-10-26-19)20-17(25)13-15-12-16(8-9-18(15)27-20)24-29-22(4,5)23(6,7)30-24/h8-9,12-13,19,26H,10-11,14H2,1-7H3/i/hD. The molecule has 4 rings (SSSR count). The van der Waals surface area contributed by atoms with Crippen molar-refractivity contribution in [3.05, 3.63) is 29.3 Å². The molecule has 0 bridgehead atoms. The Labute approximate surface area is 187 Å². The Morgan fingerprint density at radius 2 is 1.87 bits per heavy atom. The molecule has 1 aromatic carbocycles. The van der Waals surface area contributed by atoms with Crippen molar-refractivity contribution in [1.29, 1.82) is 0 Å². The summed E-state index contributed by atoms with van der Waals surface area (Å²) in [6, 6.07) is 8.18. The van der Waals surface area contributed by atoms with Gasteiger partial charge in [-0.05, 0) is 50.7 Å². The van der Waals surface area contributed by atoms with Crippen LogP contribution in [0.5, 0.6) is 0 Å². The number of rotatable bonds is 2. The number of pyridine rings is 1. The summed E-state index contributed by atoms with van der Waals surface area (Å²) in [6.45, 7) is 16.9. The molecule has 3 heterocycles. The summed E-state index contributed by atoms with van der Waals surface area (Å²) < 4.78 is 20.7. The van der Waals surface area contributed by atoms with Crippen LogP contribution < -0.4 is 15.7 Å². The van der Waals surface area contributed by atoms with Gasteiger partial charge in [-0.2, -0.15) is 0 Å². The van der Waals surface area contributed by atoms with E-state index in [-0.39, 0.29) is 22.7 Å². The molecule has 2 saturated heterocycles. The van der Waals surface area contributed by atoms with Gasteiger partial charge in [0.2, 0.25) is 0 Å². The minimum atomic E-state index is -0.412. The van der Waals surface area contributed by atoms with Gasteiger partial charge in [0.1, 0.15) is 7.23 Å². The third kappa shape index (κ3) is 3.95. The van der Waals surface area contributed by atoms with Gasteiger partial charge in [0, 0.05) is 31.1 Å². The first kappa shape index (κ1) is 20.6. The van der Waals surface area contributed by atoms with Gasteiger partial charge in [0.15, 0.2) is 0 Å². The van der Waals surface area contributed by atoms with Crippen LogP contribution in [0, 0.1) is 5.41 Å². The largest absolute Gasteiger partial charge is 0.494 e. The van der Waals surface area contributed by atoms with E-state index in [1.165, 1.54) is 0 Å². The van der Waals surface area contributed by atoms with Gasteiger partial charge < -0.3 is 19.5 Å². The van der Waals surface area contributed by atoms with Gasteiger partial charge in [-0.3, -0.25) is 0 Å². The first-order valence-electron chi connectivity index (χ1n) is 11.2. The molecule has 2 aliphatic rings. The van der Waals surface area contributed by atoms with Crippen LogP contribution in [0.2, 0.25) is 6.43 Å². The van der Waals surface area contributed by atoms with Crippen molar-refractivity contribution in [2.24, 2.45) is 5.41 Å². The average molecular weight is 431 g/mol. The Morgan fingerprint density at radius 1 is 1.20 bits per heavy atom. The molecule has 1 aromatic heterocycles. The highest BCUT2D eigenvalue weighted by Crippen LogP contribution is 2.37. The summed E-state index contributed by atoms with van der Waals surface area (Å²) in [4.78, 5) is 7.11. The van der Waals surface area contributed by atoms with E-state index >= 15 is 0 Å². The van der Waals surface area contributed by atoms with Crippen LogP contribution in [-0.2, 0) is 9.31 Å². The van der Waals surface area contributed by atoms with Gasteiger partial charge in [0.05, 0.1) is 21.7 Å². The summed E-state index contributed by atoms with van der Waals surface area (Å²) in [7, 11) is -0.412. The molecule has 2 aromatic rings. The second kappa shape index (κ2) is 7.37. The Hall–Kier alpha value is -1.34. The normalized spacial score (nSPS) is 25.1. The van der Waals surface area contributed by atoms with Crippen molar-refractivity contribution in [3.8, 4) is 0 Å². The van der Waals surface area contributed by atoms with Crippen molar-refractivity contribution in [1.82, 2.24) is 10.3 Å². The molecular formula is C23H33BClN3O2. The number of fused-ring (bicyclic) bond motifs is 1. The van der Waals surface area contributed by atoms with E-state index in [1.54, 1.807) is 5.31 Å². The Bertz CT molecular complexity index is 979. The highest BCUT2D eigenvalue weighted by molar-refractivity contribution is 6.62. The van der Waals surface area contributed by atoms with Crippen molar-refractivity contribution < 1.29 is 10.7 Å². The van der Waals surface area contributed by atoms with Crippen molar-refractivity contribution in [3.63, 3.8) is 0 Å². The topological polar surface area (TPSA) is 46.6 Å². The fraction of sp³-hybridized carbons (Fsp3) is 0.609. The predicted molar refractivity (Wildman–Crippen MR) is 126 cm³/mol. The summed E-state index contributed by atoms with van der Waals surface area (Å²) >= 11 is 6.71. The maximum Gasteiger partial charge on any atom is 0.494 e. The van der Waals surface area contributed by atoms with E-state index in [2.05, 4.69) is 59.4 Å². The first-order chi connectivity index (χ1) is 14.3. The molecule has 2 aliphatic heterocycles. The summed E-state index contributed by atoms with van der Waals surface area (Å²) in [6.07, 6.45) is 0. The monoisotopic (exact) mass is 430 g/mol. The molecule has 0 saturated carbocycles. The smallest absolute Gasteiger partial charge is 0.399 e. The molecule has 30 heavy (non-hydrogen) atoms. The molecule has 1 atom stereocenters. The van der Waals surface area contributed by atoms with Gasteiger partial charge in [0.25, 0.3) is 0 Å². The van der Waals surface area contributed by atoms with Crippen molar-refractivity contribution in [2.75, 3.05) is 24.5 Å². The SMILES string of the molecule is [2H]N1CCN(c2nc3ccc(B4OC(C)(C)C(C)(C)O4)cc3cc2Cl)CC1C(C)(C)C. The minimum absolute atomic E-state index is 0.00147. The highest BCUT2D eigenvalue weighted by Gasteiger charge is 2.51. The predicted octanol–water partition coefficient (Wildman–Crippen LogP) is 4.01. The molecule has 2 fully saturated rings. The van der Waals surface area contributed by atoms with Gasteiger partial charge >= 0.3 is 7.12 Å². The maximum atomic E-state index is 8.31. The van der Waals surface area contributed by atoms with Crippen LogP contribution in [0.15, 0.2) is 24.3 Å². The van der Waals surface area contributed by atoms with E-state index < -0.39 is 7.12 Å². The zero-order valence-electron chi connectivity index (χ0n) is 20.1. The number of benzene rings is 1. The zero-order chi connectivity index (χ0) is 22.8. The molecule has 0 amide bonds. The van der Waals surface area contributed by atoms with E-state index in [0.717, 1.165) is 35.3 Å². The second-order valence-electron chi connectivity index (χ2n) is 10.6. The lowest BCUT2D eigenvalue weighted by molar-refractivity contribution is 0.00578. The Kier molecular flexibility index (Phi) is 5.05. The minimum Gasteiger partial charge on any atom is -0.399 e. The van der Waals surface area contributed by atoms with Gasteiger partial charge in [-0.15, -0.1) is 0 Å². The number of aromatic nitrogens is 1. The molecule has 0 spiro atoms. The third-order valence-corrected chi connectivity index (χ3v) is 6.99. The zero-order valence-corrected chi connectivity index (χ0v) is 19.9. The molecule has 5 nitrogen and oxygen atoms in total. The maximum absolute atomic E-state index is 8.31. The van der Waals surface area contributed by atoms with Gasteiger partial charge in [-0.1, -0.05) is 44.5 Å². The summed E-state index contributed by atoms with van der Waals surface area (Å²) in [5.74, 6) is 0.792. The molecule has 0 radical (unpaired) electrons. The van der Waals surface area contributed by atoms with Crippen molar-refractivity contribution >= 4 is 40.9 Å². The average Bonchev–Trinajstić information content (AvgIpc) is 2.88. The highest BCUT2D eigenvalue weighted by atomic mass is 35.5. The van der Waals surface area contributed by atoms with Gasteiger partial charge in [-0.25, -0.2) is 4.98 Å². The number of halogens is 1. The fourth-order valence-corrected chi connectivity index (χ4v) is 4.22. The van der Waals surface area contributed by atoms with E-state index in [0.29, 0.717) is 11.6 Å². The number of hydrogen-bond donors (Lipinski definition) is 1. The molecule has 162 valence electrons. The van der Waals surface area contributed by atoms with Crippen LogP contribution in [0.4, 0.5) is 5.82 Å². The molecule has 1 N–H and O–H groups in total. The summed E-state index contributed by atoms with van der Waals surface area (Å²) in [5.41, 5.74) is 1.10. The number of piperazine rings is 1. The van der Waals surface area contributed by atoms with Crippen LogP contribution in [-0.4, -0.2) is 49.0 Å². The van der Waals surface area contributed by atoms with Crippen LogP contribution in [0.25, 0.3) is 10.9 Å². The molecular weight excluding hydrogens is 397 g/mol. The van der Waals surface area contributed by atoms with Crippen LogP contribution >= 0.6 is 11.6 Å². The number of hydrogen-bond acceptors (Lipinski definition) is 5. The lowest BCUT2D eigenvalue weighted by atomic mass is 9.78. The van der Waals surface area contributed by atoms with E-state index in [9.17, 15) is 0 Å². The first-order valence-corrected chi connectivity index (χ1v) is 11.1. The Balaban J connectivity index is 1.63. The summed E-state index contributed by atoms with van der Waals surface area (Å²) in [5, 5.41) is 3.29. The van der Waals surface area contributed by atoms with Crippen molar-refractivity contribution in [2.45, 2.75) is 65.7 Å². The lowest BCUT2D eigenvalue weighted by Crippen LogP contribution is -2.56. The van der Waals surface area contributed by atoms with Crippen LogP contribution in [0.1, 0.15) is 48.5 Å². The number of nitrogens with zero attached hydrogens (tertiary/aromatic N) is 2. The number of nitrogens with one attached hydrogen (secondary N) is 1. The Morgan fingerprint density at radius 3 is 2.50 bits per heavy atom. The van der Waals surface area contributed by atoms with E-state index in [4.69, 9.17) is 27.3 Å². The van der Waals surface area contributed by atoms with Crippen LogP contribution in [0.3, 0.4) is 0 Å². The molecule has 1 unspecified atom stereocenters. The molecule has 0 aliphatic carbocycles. The lowest BCUT2D eigenvalue weighted by Gasteiger charge is -2.41. The second-order valence-corrected chi connectivity index (χ2v) is 11.0. The number of anilines is 1. The van der Waals surface area contributed by atoms with E-state index in [1.807, 2.05) is 18.2 Å². The molecule has 7 heteroatoms. The third-order valence-electron chi connectivity index (χ3n) is 6.71.